The van der Waals surface area contributed by atoms with Crippen molar-refractivity contribution in [3.05, 3.63) is 78.9 Å². The highest BCUT2D eigenvalue weighted by atomic mass is 19.1. The molecule has 0 unspecified atom stereocenters. The summed E-state index contributed by atoms with van der Waals surface area (Å²) in [5.74, 6) is 0.432. The molecule has 1 aliphatic carbocycles. The lowest BCUT2D eigenvalue weighted by Gasteiger charge is -2.06. The number of hydrogen-bond donors (Lipinski definition) is 3. The van der Waals surface area contributed by atoms with Crippen molar-refractivity contribution in [1.29, 1.82) is 0 Å². The molecule has 0 atom stereocenters. The second-order valence-corrected chi connectivity index (χ2v) is 9.18. The maximum atomic E-state index is 13.5. The molecule has 9 heteroatoms. The van der Waals surface area contributed by atoms with Crippen LogP contribution in [-0.4, -0.2) is 36.0 Å². The number of aromatic amines is 2. The summed E-state index contributed by atoms with van der Waals surface area (Å²) in [6, 6.07) is 17.9. The minimum Gasteiger partial charge on any atom is -0.336 e. The lowest BCUT2D eigenvalue weighted by Crippen LogP contribution is -2.13. The lowest BCUT2D eigenvalue weighted by molar-refractivity contribution is -0.117. The van der Waals surface area contributed by atoms with Gasteiger partial charge in [0, 0.05) is 23.2 Å². The van der Waals surface area contributed by atoms with Crippen LogP contribution in [0.15, 0.2) is 73.1 Å². The van der Waals surface area contributed by atoms with E-state index in [2.05, 4.69) is 25.5 Å². The Labute approximate surface area is 210 Å². The van der Waals surface area contributed by atoms with E-state index < -0.39 is 0 Å². The summed E-state index contributed by atoms with van der Waals surface area (Å²) in [6.07, 6.45) is 5.23. The number of H-pyrrole nitrogens is 2. The fourth-order valence-electron chi connectivity index (χ4n) is 4.47. The third-order valence-electron chi connectivity index (χ3n) is 6.55. The van der Waals surface area contributed by atoms with E-state index in [-0.39, 0.29) is 17.6 Å². The summed E-state index contributed by atoms with van der Waals surface area (Å²) in [7, 11) is 0. The molecule has 0 bridgehead atoms. The van der Waals surface area contributed by atoms with E-state index in [9.17, 15) is 9.18 Å². The molecule has 1 fully saturated rings. The molecule has 1 aliphatic rings. The fourth-order valence-corrected chi connectivity index (χ4v) is 4.47. The Morgan fingerprint density at radius 2 is 1.78 bits per heavy atom. The Morgan fingerprint density at radius 3 is 2.62 bits per heavy atom. The van der Waals surface area contributed by atoms with Crippen molar-refractivity contribution < 1.29 is 9.18 Å². The van der Waals surface area contributed by atoms with Crippen molar-refractivity contribution in [2.75, 3.05) is 5.32 Å². The van der Waals surface area contributed by atoms with Gasteiger partial charge in [-0.3, -0.25) is 14.9 Å². The Bertz CT molecular complexity index is 1800. The van der Waals surface area contributed by atoms with Gasteiger partial charge in [0.25, 0.3) is 0 Å². The Kier molecular flexibility index (Phi) is 4.81. The number of fused-ring (bicyclic) bond motifs is 2. The van der Waals surface area contributed by atoms with Crippen molar-refractivity contribution in [2.45, 2.75) is 12.8 Å². The monoisotopic (exact) mass is 489 g/mol. The Hall–Kier alpha value is -4.92. The molecule has 0 saturated heterocycles. The van der Waals surface area contributed by atoms with E-state index in [1.165, 1.54) is 12.1 Å². The van der Waals surface area contributed by atoms with Gasteiger partial charge in [-0.1, -0.05) is 24.3 Å². The van der Waals surface area contributed by atoms with Gasteiger partial charge in [-0.25, -0.2) is 14.4 Å². The van der Waals surface area contributed by atoms with Crippen molar-refractivity contribution in [3.8, 4) is 33.9 Å². The Morgan fingerprint density at radius 1 is 0.919 bits per heavy atom. The van der Waals surface area contributed by atoms with Gasteiger partial charge in [0.1, 0.15) is 11.3 Å². The molecule has 3 N–H and O–H groups in total. The maximum absolute atomic E-state index is 13.5. The van der Waals surface area contributed by atoms with Crippen molar-refractivity contribution >= 4 is 33.7 Å². The number of nitrogens with one attached hydrogen (secondary N) is 3. The zero-order valence-electron chi connectivity index (χ0n) is 19.5. The third-order valence-corrected chi connectivity index (χ3v) is 6.55. The van der Waals surface area contributed by atoms with E-state index in [0.29, 0.717) is 28.4 Å². The van der Waals surface area contributed by atoms with Gasteiger partial charge in [-0.15, -0.1) is 0 Å². The molecule has 0 spiro atoms. The topological polar surface area (TPSA) is 112 Å². The number of imidazole rings is 1. The first-order chi connectivity index (χ1) is 18.1. The van der Waals surface area contributed by atoms with Crippen LogP contribution in [0.3, 0.4) is 0 Å². The molecule has 2 aromatic carbocycles. The van der Waals surface area contributed by atoms with Gasteiger partial charge in [-0.2, -0.15) is 5.10 Å². The lowest BCUT2D eigenvalue weighted by atomic mass is 10.0. The summed E-state index contributed by atoms with van der Waals surface area (Å²) in [5.41, 5.74) is 7.52. The van der Waals surface area contributed by atoms with Crippen LogP contribution in [-0.2, 0) is 4.79 Å². The summed E-state index contributed by atoms with van der Waals surface area (Å²) < 4.78 is 13.5. The average molecular weight is 490 g/mol. The molecule has 180 valence electrons. The predicted molar refractivity (Wildman–Crippen MR) is 139 cm³/mol. The van der Waals surface area contributed by atoms with Gasteiger partial charge in [0.2, 0.25) is 5.91 Å². The summed E-state index contributed by atoms with van der Waals surface area (Å²) in [6.45, 7) is 0. The van der Waals surface area contributed by atoms with Crippen molar-refractivity contribution in [1.82, 2.24) is 30.1 Å². The number of hydrogen-bond acceptors (Lipinski definition) is 5. The average Bonchev–Trinajstić information content (AvgIpc) is 3.55. The SMILES string of the molecule is O=C(Nc1cncc(-c2ccc3[nH]nc(-c4nc5c(-c6ccc(F)cc6)cccc5[nH]4)c3n2)c1)C1CC1. The van der Waals surface area contributed by atoms with Crippen LogP contribution in [0.5, 0.6) is 0 Å². The van der Waals surface area contributed by atoms with Crippen molar-refractivity contribution in [3.63, 3.8) is 0 Å². The van der Waals surface area contributed by atoms with E-state index in [0.717, 1.165) is 46.1 Å². The first-order valence-corrected chi connectivity index (χ1v) is 12.0. The fraction of sp³-hybridized carbons (Fsp3) is 0.107. The minimum atomic E-state index is -0.283. The molecular weight excluding hydrogens is 469 g/mol. The van der Waals surface area contributed by atoms with E-state index >= 15 is 0 Å². The normalized spacial score (nSPS) is 13.3. The highest BCUT2D eigenvalue weighted by molar-refractivity contribution is 5.97. The molecule has 4 heterocycles. The van der Waals surface area contributed by atoms with Gasteiger partial charge in [-0.05, 0) is 54.8 Å². The van der Waals surface area contributed by atoms with Gasteiger partial charge < -0.3 is 10.3 Å². The number of halogens is 1. The summed E-state index contributed by atoms with van der Waals surface area (Å²) in [5, 5.41) is 10.5. The maximum Gasteiger partial charge on any atom is 0.227 e. The molecule has 37 heavy (non-hydrogen) atoms. The first-order valence-electron chi connectivity index (χ1n) is 12.0. The highest BCUT2D eigenvalue weighted by Crippen LogP contribution is 2.33. The number of anilines is 1. The molecule has 1 amide bonds. The molecule has 8 nitrogen and oxygen atoms in total. The van der Waals surface area contributed by atoms with Crippen molar-refractivity contribution in [2.24, 2.45) is 5.92 Å². The van der Waals surface area contributed by atoms with Crippen LogP contribution >= 0.6 is 0 Å². The van der Waals surface area contributed by atoms with Gasteiger partial charge >= 0.3 is 0 Å². The Balaban J connectivity index is 1.28. The number of aromatic nitrogens is 6. The van der Waals surface area contributed by atoms with Gasteiger partial charge in [0.15, 0.2) is 11.5 Å². The number of benzene rings is 2. The second kappa shape index (κ2) is 8.34. The van der Waals surface area contributed by atoms with E-state index in [4.69, 9.17) is 9.97 Å². The van der Waals surface area contributed by atoms with Crippen LogP contribution in [0.4, 0.5) is 10.1 Å². The van der Waals surface area contributed by atoms with E-state index in [1.54, 1.807) is 24.5 Å². The van der Waals surface area contributed by atoms with Crippen LogP contribution in [0, 0.1) is 11.7 Å². The number of para-hydroxylation sites is 1. The smallest absolute Gasteiger partial charge is 0.227 e. The summed E-state index contributed by atoms with van der Waals surface area (Å²) >= 11 is 0. The molecule has 0 aliphatic heterocycles. The molecular formula is C28H20FN7O. The van der Waals surface area contributed by atoms with Crippen LogP contribution < -0.4 is 5.32 Å². The number of carbonyl (C=O) groups excluding carboxylic acids is 1. The predicted octanol–water partition coefficient (Wildman–Crippen LogP) is 5.72. The molecule has 6 aromatic rings. The highest BCUT2D eigenvalue weighted by Gasteiger charge is 2.29. The number of amides is 1. The number of pyridine rings is 2. The minimum absolute atomic E-state index is 0.0318. The van der Waals surface area contributed by atoms with E-state index in [1.807, 2.05) is 36.4 Å². The first kappa shape index (κ1) is 21.4. The quantitative estimate of drug-likeness (QED) is 0.287. The zero-order chi connectivity index (χ0) is 24.9. The molecule has 1 saturated carbocycles. The second-order valence-electron chi connectivity index (χ2n) is 9.18. The van der Waals surface area contributed by atoms with Crippen LogP contribution in [0.1, 0.15) is 12.8 Å². The number of rotatable bonds is 5. The molecule has 7 rings (SSSR count). The molecule has 0 radical (unpaired) electrons. The van der Waals surface area contributed by atoms with Crippen LogP contribution in [0.25, 0.3) is 56.0 Å². The van der Waals surface area contributed by atoms with Gasteiger partial charge in [0.05, 0.1) is 34.1 Å². The van der Waals surface area contributed by atoms with Crippen LogP contribution in [0.2, 0.25) is 0 Å². The summed E-state index contributed by atoms with van der Waals surface area (Å²) in [4.78, 5) is 29.5. The zero-order valence-corrected chi connectivity index (χ0v) is 19.5. The number of nitrogens with zero attached hydrogens (tertiary/aromatic N) is 4. The largest absolute Gasteiger partial charge is 0.336 e. The number of carbonyl (C=O) groups is 1. The molecule has 4 aromatic heterocycles. The standard InChI is InChI=1S/C28H20FN7O/c29-18-8-6-15(7-9-18)20-2-1-3-22-24(20)34-27(33-22)26-25-23(35-36-26)11-10-21(32-25)17-12-19(14-30-13-17)31-28(37)16-4-5-16/h1-3,6-14,16H,4-5H2,(H,31,37)(H,33,34)(H,35,36). The third kappa shape index (κ3) is 3.90.